The maximum atomic E-state index is 12.1. The smallest absolute Gasteiger partial charge is 0.305 e. The van der Waals surface area contributed by atoms with Gasteiger partial charge in [0.15, 0.2) is 0 Å². The van der Waals surface area contributed by atoms with Gasteiger partial charge in [-0.1, -0.05) is 61.3 Å². The topological polar surface area (TPSA) is 74.5 Å². The zero-order valence-electron chi connectivity index (χ0n) is 24.5. The number of ether oxygens (including phenoxy) is 1. The van der Waals surface area contributed by atoms with Crippen molar-refractivity contribution >= 4 is 17.4 Å². The van der Waals surface area contributed by atoms with Crippen LogP contribution >= 0.6 is 0 Å². The van der Waals surface area contributed by atoms with Gasteiger partial charge in [0.1, 0.15) is 12.7 Å². The van der Waals surface area contributed by atoms with Crippen LogP contribution in [-0.2, 0) is 9.53 Å². The first-order valence-electron chi connectivity index (χ1n) is 13.8. The molecular weight excluding hydrogens is 438 g/mol. The van der Waals surface area contributed by atoms with E-state index in [1.54, 1.807) is 0 Å². The summed E-state index contributed by atoms with van der Waals surface area (Å²) in [6.45, 7) is 23.1. The molecule has 206 valence electrons. The number of aliphatic hydroxyl groups is 1. The summed E-state index contributed by atoms with van der Waals surface area (Å²) in [5.41, 5.74) is 2.68. The highest BCUT2D eigenvalue weighted by Crippen LogP contribution is 2.22. The molecule has 35 heavy (non-hydrogen) atoms. The van der Waals surface area contributed by atoms with E-state index in [0.29, 0.717) is 43.3 Å². The number of carbonyl (C=O) groups is 1. The van der Waals surface area contributed by atoms with E-state index < -0.39 is 6.10 Å². The second-order valence-corrected chi connectivity index (χ2v) is 12.2. The number of esters is 1. The van der Waals surface area contributed by atoms with E-state index >= 15 is 0 Å². The van der Waals surface area contributed by atoms with E-state index in [1.807, 2.05) is 0 Å². The molecule has 0 amide bonds. The molecule has 1 unspecified atom stereocenters. The van der Waals surface area contributed by atoms with Crippen LogP contribution in [0.25, 0.3) is 0 Å². The SMILES string of the molecule is CC(CC(C)C)=NCCN(CCN=C(C)CC(C)C)CC(O)COC(=O)CCCCCC(C)(C)C. The van der Waals surface area contributed by atoms with Crippen LogP contribution in [-0.4, -0.2) is 72.8 Å². The van der Waals surface area contributed by atoms with Gasteiger partial charge in [-0.3, -0.25) is 19.7 Å². The molecule has 1 atom stereocenters. The summed E-state index contributed by atoms with van der Waals surface area (Å²) in [5, 5.41) is 10.5. The van der Waals surface area contributed by atoms with Gasteiger partial charge < -0.3 is 9.84 Å². The van der Waals surface area contributed by atoms with Crippen molar-refractivity contribution in [3.63, 3.8) is 0 Å². The summed E-state index contributed by atoms with van der Waals surface area (Å²) >= 11 is 0. The molecular formula is C29H57N3O3. The Morgan fingerprint density at radius 2 is 1.40 bits per heavy atom. The summed E-state index contributed by atoms with van der Waals surface area (Å²) in [6, 6.07) is 0. The lowest BCUT2D eigenvalue weighted by atomic mass is 9.89. The normalized spacial score (nSPS) is 14.3. The summed E-state index contributed by atoms with van der Waals surface area (Å²) in [7, 11) is 0. The van der Waals surface area contributed by atoms with Crippen LogP contribution in [0.3, 0.4) is 0 Å². The van der Waals surface area contributed by atoms with E-state index in [4.69, 9.17) is 14.7 Å². The number of aliphatic hydroxyl groups excluding tert-OH is 1. The lowest BCUT2D eigenvalue weighted by Gasteiger charge is -2.24. The minimum atomic E-state index is -0.707. The Bertz CT molecular complexity index is 591. The molecule has 0 bridgehead atoms. The number of nitrogens with zero attached hydrogens (tertiary/aromatic N) is 3. The van der Waals surface area contributed by atoms with Crippen molar-refractivity contribution in [2.24, 2.45) is 27.2 Å². The molecule has 6 heteroatoms. The van der Waals surface area contributed by atoms with Crippen molar-refractivity contribution < 1.29 is 14.6 Å². The molecule has 0 saturated heterocycles. The Balaban J connectivity index is 4.57. The quantitative estimate of drug-likeness (QED) is 0.131. The van der Waals surface area contributed by atoms with Crippen LogP contribution in [0.2, 0.25) is 0 Å². The molecule has 0 aliphatic rings. The van der Waals surface area contributed by atoms with Crippen molar-refractivity contribution in [1.29, 1.82) is 0 Å². The van der Waals surface area contributed by atoms with Gasteiger partial charge in [0.2, 0.25) is 0 Å². The third-order valence-electron chi connectivity index (χ3n) is 5.72. The molecule has 0 aromatic heterocycles. The number of unbranched alkanes of at least 4 members (excludes halogenated alkanes) is 2. The predicted molar refractivity (Wildman–Crippen MR) is 151 cm³/mol. The summed E-state index contributed by atoms with van der Waals surface area (Å²) in [4.78, 5) is 23.7. The van der Waals surface area contributed by atoms with Crippen LogP contribution in [0, 0.1) is 17.3 Å². The Kier molecular flexibility index (Phi) is 18.2. The molecule has 6 nitrogen and oxygen atoms in total. The molecule has 0 aromatic carbocycles. The van der Waals surface area contributed by atoms with E-state index in [2.05, 4.69) is 67.2 Å². The van der Waals surface area contributed by atoms with Crippen LogP contribution in [0.1, 0.15) is 107 Å². The van der Waals surface area contributed by atoms with Gasteiger partial charge in [-0.15, -0.1) is 0 Å². The standard InChI is InChI=1S/C29H57N3O3/c1-23(2)19-25(5)30-15-17-32(18-16-31-26(6)20-24(3)4)21-27(33)22-35-28(34)13-11-10-12-14-29(7,8)9/h23-24,27,33H,10-22H2,1-9H3. The van der Waals surface area contributed by atoms with Crippen molar-refractivity contribution in [3.05, 3.63) is 0 Å². The van der Waals surface area contributed by atoms with Crippen molar-refractivity contribution in [3.8, 4) is 0 Å². The number of hydrogen-bond donors (Lipinski definition) is 1. The highest BCUT2D eigenvalue weighted by molar-refractivity contribution is 5.82. The molecule has 0 heterocycles. The monoisotopic (exact) mass is 495 g/mol. The zero-order chi connectivity index (χ0) is 26.9. The average molecular weight is 496 g/mol. The van der Waals surface area contributed by atoms with Crippen molar-refractivity contribution in [1.82, 2.24) is 4.90 Å². The molecule has 0 rings (SSSR count). The number of hydrogen-bond acceptors (Lipinski definition) is 6. The first-order valence-corrected chi connectivity index (χ1v) is 13.8. The second-order valence-electron chi connectivity index (χ2n) is 12.2. The Morgan fingerprint density at radius 3 is 1.86 bits per heavy atom. The maximum Gasteiger partial charge on any atom is 0.305 e. The zero-order valence-corrected chi connectivity index (χ0v) is 24.5. The molecule has 0 aromatic rings. The van der Waals surface area contributed by atoms with Gasteiger partial charge in [-0.2, -0.15) is 0 Å². The number of rotatable bonds is 19. The Labute approximate surface area is 217 Å². The van der Waals surface area contributed by atoms with Crippen LogP contribution in [0.5, 0.6) is 0 Å². The molecule has 0 aliphatic carbocycles. The third kappa shape index (κ3) is 22.9. The minimum absolute atomic E-state index is 0.0443. The third-order valence-corrected chi connectivity index (χ3v) is 5.72. The fraction of sp³-hybridized carbons (Fsp3) is 0.897. The molecule has 0 saturated carbocycles. The van der Waals surface area contributed by atoms with Crippen LogP contribution in [0.15, 0.2) is 9.98 Å². The number of carbonyl (C=O) groups excluding carboxylic acids is 1. The van der Waals surface area contributed by atoms with Gasteiger partial charge >= 0.3 is 5.97 Å². The largest absolute Gasteiger partial charge is 0.463 e. The van der Waals surface area contributed by atoms with E-state index in [9.17, 15) is 9.90 Å². The molecule has 1 N–H and O–H groups in total. The van der Waals surface area contributed by atoms with Gasteiger partial charge in [0, 0.05) is 37.5 Å². The second kappa shape index (κ2) is 18.9. The van der Waals surface area contributed by atoms with Gasteiger partial charge in [-0.05, 0) is 56.8 Å². The molecule has 0 spiro atoms. The van der Waals surface area contributed by atoms with Crippen molar-refractivity contribution in [2.45, 2.75) is 113 Å². The Morgan fingerprint density at radius 1 is 0.886 bits per heavy atom. The van der Waals surface area contributed by atoms with Gasteiger partial charge in [0.25, 0.3) is 0 Å². The van der Waals surface area contributed by atoms with Gasteiger partial charge in [0.05, 0.1) is 13.1 Å². The average Bonchev–Trinajstić information content (AvgIpc) is 2.69. The highest BCUT2D eigenvalue weighted by atomic mass is 16.5. The fourth-order valence-electron chi connectivity index (χ4n) is 4.08. The van der Waals surface area contributed by atoms with Crippen LogP contribution in [0.4, 0.5) is 0 Å². The predicted octanol–water partition coefficient (Wildman–Crippen LogP) is 6.20. The number of aliphatic imine (C=N–C) groups is 2. The lowest BCUT2D eigenvalue weighted by molar-refractivity contribution is -0.147. The molecule has 0 aliphatic heterocycles. The highest BCUT2D eigenvalue weighted by Gasteiger charge is 2.15. The fourth-order valence-corrected chi connectivity index (χ4v) is 4.08. The van der Waals surface area contributed by atoms with Crippen molar-refractivity contribution in [2.75, 3.05) is 39.3 Å². The maximum absolute atomic E-state index is 12.1. The molecule has 0 fully saturated rings. The minimum Gasteiger partial charge on any atom is -0.463 e. The first kappa shape index (κ1) is 33.7. The van der Waals surface area contributed by atoms with Gasteiger partial charge in [-0.25, -0.2) is 0 Å². The summed E-state index contributed by atoms with van der Waals surface area (Å²) < 4.78 is 5.35. The first-order chi connectivity index (χ1) is 16.3. The van der Waals surface area contributed by atoms with E-state index in [1.165, 1.54) is 17.8 Å². The Hall–Kier alpha value is -1.27. The van der Waals surface area contributed by atoms with E-state index in [-0.39, 0.29) is 12.6 Å². The molecule has 0 radical (unpaired) electrons. The summed E-state index contributed by atoms with van der Waals surface area (Å²) in [5.74, 6) is 0.986. The summed E-state index contributed by atoms with van der Waals surface area (Å²) in [6.07, 6.45) is 5.91. The van der Waals surface area contributed by atoms with Crippen LogP contribution < -0.4 is 0 Å². The lowest BCUT2D eigenvalue weighted by Crippen LogP contribution is -2.38. The van der Waals surface area contributed by atoms with E-state index in [0.717, 1.165) is 45.2 Å².